The number of anilines is 1. The maximum atomic E-state index is 12.4. The van der Waals surface area contributed by atoms with Gasteiger partial charge in [-0.25, -0.2) is 0 Å². The highest BCUT2D eigenvalue weighted by atomic mass is 32.2. The van der Waals surface area contributed by atoms with Crippen LogP contribution < -0.4 is 4.72 Å². The molecule has 2 heterocycles. The summed E-state index contributed by atoms with van der Waals surface area (Å²) in [6.45, 7) is 0. The minimum absolute atomic E-state index is 0.0128. The minimum atomic E-state index is -0.0128. The van der Waals surface area contributed by atoms with Crippen molar-refractivity contribution in [1.29, 1.82) is 0 Å². The molecule has 0 radical (unpaired) electrons. The minimum Gasteiger partial charge on any atom is -0.345 e. The van der Waals surface area contributed by atoms with Gasteiger partial charge in [-0.15, -0.1) is 0 Å². The molecular formula is C18H15N3OS. The molecule has 0 unspecified atom stereocenters. The standard InChI is InChI=1S/C18H15N3OS/c1-21(2)18(22)14-9-10-19-16-13(14)8-7-12-11-5-3-4-6-15(11)23-20-17(12)16/h3-10,20H,1-2H3. The van der Waals surface area contributed by atoms with Gasteiger partial charge in [0.2, 0.25) is 0 Å². The fraction of sp³-hybridized carbons (Fsp3) is 0.111. The molecule has 0 spiro atoms. The number of hydrogen-bond donors (Lipinski definition) is 1. The molecule has 1 aromatic heterocycles. The lowest BCUT2D eigenvalue weighted by atomic mass is 9.98. The number of pyridine rings is 1. The van der Waals surface area contributed by atoms with E-state index in [0.717, 1.165) is 22.2 Å². The first-order chi connectivity index (χ1) is 11.2. The molecule has 1 aliphatic rings. The zero-order valence-corrected chi connectivity index (χ0v) is 13.6. The Hall–Kier alpha value is -2.53. The number of nitrogens with zero attached hydrogens (tertiary/aromatic N) is 2. The van der Waals surface area contributed by atoms with Gasteiger partial charge in [-0.2, -0.15) is 0 Å². The lowest BCUT2D eigenvalue weighted by Gasteiger charge is -2.22. The van der Waals surface area contributed by atoms with Gasteiger partial charge < -0.3 is 9.62 Å². The normalized spacial score (nSPS) is 12.3. The largest absolute Gasteiger partial charge is 0.345 e. The third kappa shape index (κ3) is 2.16. The van der Waals surface area contributed by atoms with Crippen molar-refractivity contribution in [1.82, 2.24) is 9.88 Å². The van der Waals surface area contributed by atoms with Gasteiger partial charge in [0.25, 0.3) is 5.91 Å². The molecule has 4 nitrogen and oxygen atoms in total. The molecular weight excluding hydrogens is 306 g/mol. The van der Waals surface area contributed by atoms with Crippen LogP contribution in [0.4, 0.5) is 5.69 Å². The van der Waals surface area contributed by atoms with Gasteiger partial charge in [0.05, 0.1) is 16.8 Å². The Bertz CT molecular complexity index is 937. The van der Waals surface area contributed by atoms with Gasteiger partial charge >= 0.3 is 0 Å². The van der Waals surface area contributed by atoms with Gasteiger partial charge in [0.15, 0.2) is 0 Å². The number of benzene rings is 2. The summed E-state index contributed by atoms with van der Waals surface area (Å²) in [5, 5.41) is 0.873. The van der Waals surface area contributed by atoms with Crippen molar-refractivity contribution < 1.29 is 4.79 Å². The van der Waals surface area contributed by atoms with E-state index in [4.69, 9.17) is 0 Å². The van der Waals surface area contributed by atoms with E-state index in [1.54, 1.807) is 43.2 Å². The molecule has 0 aliphatic carbocycles. The van der Waals surface area contributed by atoms with E-state index in [-0.39, 0.29) is 5.91 Å². The summed E-state index contributed by atoms with van der Waals surface area (Å²) < 4.78 is 3.39. The van der Waals surface area contributed by atoms with Crippen LogP contribution in [0, 0.1) is 0 Å². The molecule has 1 N–H and O–H groups in total. The molecule has 0 fully saturated rings. The molecule has 2 aromatic carbocycles. The first-order valence-electron chi connectivity index (χ1n) is 7.32. The van der Waals surface area contributed by atoms with Crippen molar-refractivity contribution in [2.24, 2.45) is 0 Å². The molecule has 4 rings (SSSR count). The topological polar surface area (TPSA) is 45.2 Å². The third-order valence-electron chi connectivity index (χ3n) is 3.99. The van der Waals surface area contributed by atoms with Crippen molar-refractivity contribution in [3.8, 4) is 11.1 Å². The molecule has 1 aliphatic heterocycles. The van der Waals surface area contributed by atoms with E-state index >= 15 is 0 Å². The van der Waals surface area contributed by atoms with E-state index in [1.165, 1.54) is 10.5 Å². The Morgan fingerprint density at radius 3 is 2.74 bits per heavy atom. The molecule has 0 saturated heterocycles. The number of aromatic nitrogens is 1. The number of nitrogens with one attached hydrogen (secondary N) is 1. The number of fused-ring (bicyclic) bond motifs is 5. The molecule has 0 saturated carbocycles. The Morgan fingerprint density at radius 1 is 1.09 bits per heavy atom. The number of carbonyl (C=O) groups is 1. The van der Waals surface area contributed by atoms with E-state index < -0.39 is 0 Å². The quantitative estimate of drug-likeness (QED) is 0.687. The van der Waals surface area contributed by atoms with Crippen LogP contribution in [0.2, 0.25) is 0 Å². The molecule has 23 heavy (non-hydrogen) atoms. The summed E-state index contributed by atoms with van der Waals surface area (Å²) in [4.78, 5) is 19.7. The molecule has 0 bridgehead atoms. The Morgan fingerprint density at radius 2 is 1.91 bits per heavy atom. The van der Waals surface area contributed by atoms with Crippen LogP contribution in [0.15, 0.2) is 53.6 Å². The first kappa shape index (κ1) is 14.1. The Kier molecular flexibility index (Phi) is 3.23. The fourth-order valence-corrected chi connectivity index (χ4v) is 3.71. The summed E-state index contributed by atoms with van der Waals surface area (Å²) >= 11 is 1.58. The SMILES string of the molecule is CN(C)C(=O)c1ccnc2c3c(ccc12)-c1ccccc1SN3. The van der Waals surface area contributed by atoms with Crippen LogP contribution in [0.25, 0.3) is 22.0 Å². The monoisotopic (exact) mass is 321 g/mol. The Labute approximate surface area is 138 Å². The van der Waals surface area contributed by atoms with Crippen LogP contribution in [-0.4, -0.2) is 29.9 Å². The first-order valence-corrected chi connectivity index (χ1v) is 8.14. The van der Waals surface area contributed by atoms with Crippen LogP contribution in [0.1, 0.15) is 10.4 Å². The zero-order chi connectivity index (χ0) is 16.0. The second kappa shape index (κ2) is 5.28. The van der Waals surface area contributed by atoms with Gasteiger partial charge in [-0.1, -0.05) is 30.3 Å². The lowest BCUT2D eigenvalue weighted by Crippen LogP contribution is -2.22. The summed E-state index contributed by atoms with van der Waals surface area (Å²) in [5.74, 6) is -0.0128. The average Bonchev–Trinajstić information content (AvgIpc) is 2.59. The lowest BCUT2D eigenvalue weighted by molar-refractivity contribution is 0.0829. The Balaban J connectivity index is 1.99. The zero-order valence-electron chi connectivity index (χ0n) is 12.8. The van der Waals surface area contributed by atoms with Crippen LogP contribution in [-0.2, 0) is 0 Å². The van der Waals surface area contributed by atoms with Crippen molar-refractivity contribution >= 4 is 34.4 Å². The van der Waals surface area contributed by atoms with Crippen molar-refractivity contribution in [2.45, 2.75) is 4.90 Å². The van der Waals surface area contributed by atoms with Gasteiger partial charge in [-0.05, 0) is 29.6 Å². The maximum absolute atomic E-state index is 12.4. The van der Waals surface area contributed by atoms with Crippen LogP contribution in [0.3, 0.4) is 0 Å². The molecule has 0 atom stereocenters. The molecule has 3 aromatic rings. The van der Waals surface area contributed by atoms with Crippen LogP contribution in [0.5, 0.6) is 0 Å². The van der Waals surface area contributed by atoms with Crippen molar-refractivity contribution in [2.75, 3.05) is 18.8 Å². The molecule has 5 heteroatoms. The van der Waals surface area contributed by atoms with Crippen LogP contribution >= 0.6 is 11.9 Å². The number of amides is 1. The number of carbonyl (C=O) groups excluding carboxylic acids is 1. The number of rotatable bonds is 1. The molecule has 1 amide bonds. The second-order valence-corrected chi connectivity index (χ2v) is 6.49. The average molecular weight is 321 g/mol. The summed E-state index contributed by atoms with van der Waals surface area (Å²) in [6, 6.07) is 14.1. The smallest absolute Gasteiger partial charge is 0.254 e. The highest BCUT2D eigenvalue weighted by Crippen LogP contribution is 2.44. The molecule has 114 valence electrons. The maximum Gasteiger partial charge on any atom is 0.254 e. The second-order valence-electron chi connectivity index (χ2n) is 5.64. The van der Waals surface area contributed by atoms with Gasteiger partial charge in [0.1, 0.15) is 0 Å². The van der Waals surface area contributed by atoms with E-state index in [0.29, 0.717) is 5.56 Å². The van der Waals surface area contributed by atoms with E-state index in [9.17, 15) is 4.79 Å². The summed E-state index contributed by atoms with van der Waals surface area (Å²) in [7, 11) is 3.52. The van der Waals surface area contributed by atoms with Gasteiger partial charge in [-0.3, -0.25) is 9.78 Å². The van der Waals surface area contributed by atoms with Gasteiger partial charge in [0, 0.05) is 36.1 Å². The van der Waals surface area contributed by atoms with E-state index in [1.807, 2.05) is 18.2 Å². The fourth-order valence-electron chi connectivity index (χ4n) is 2.86. The summed E-state index contributed by atoms with van der Waals surface area (Å²) in [5.41, 5.74) is 4.79. The third-order valence-corrected chi connectivity index (χ3v) is 4.87. The van der Waals surface area contributed by atoms with E-state index in [2.05, 4.69) is 27.9 Å². The highest BCUT2D eigenvalue weighted by Gasteiger charge is 2.21. The van der Waals surface area contributed by atoms with Crippen molar-refractivity contribution in [3.05, 3.63) is 54.2 Å². The van der Waals surface area contributed by atoms with Crippen molar-refractivity contribution in [3.63, 3.8) is 0 Å². The predicted octanol–water partition coefficient (Wildman–Crippen LogP) is 4.04. The predicted molar refractivity (Wildman–Crippen MR) is 94.7 cm³/mol. The number of hydrogen-bond acceptors (Lipinski definition) is 4. The summed E-state index contributed by atoms with van der Waals surface area (Å²) in [6.07, 6.45) is 1.70. The highest BCUT2D eigenvalue weighted by molar-refractivity contribution is 8.00.